The lowest BCUT2D eigenvalue weighted by Crippen LogP contribution is -2.00. The molecule has 0 saturated heterocycles. The average molecular weight is 433 g/mol. The van der Waals surface area contributed by atoms with Crippen LogP contribution >= 0.6 is 27.7 Å². The molecule has 7 heteroatoms. The Balaban J connectivity index is 1.79. The van der Waals surface area contributed by atoms with Crippen molar-refractivity contribution in [2.75, 3.05) is 0 Å². The number of thioether (sulfide) groups is 1. The van der Waals surface area contributed by atoms with Gasteiger partial charge in [-0.15, -0.1) is 10.2 Å². The number of halogens is 2. The third-order valence-corrected chi connectivity index (χ3v) is 5.14. The summed E-state index contributed by atoms with van der Waals surface area (Å²) in [5.41, 5.74) is 2.03. The molecule has 134 valence electrons. The normalized spacial score (nSPS) is 11.3. The average Bonchev–Trinajstić information content (AvgIpc) is 3.03. The van der Waals surface area contributed by atoms with Crippen LogP contribution in [0.4, 0.5) is 4.39 Å². The maximum atomic E-state index is 13.0. The summed E-state index contributed by atoms with van der Waals surface area (Å²) in [4.78, 5) is 0. The van der Waals surface area contributed by atoms with Crippen LogP contribution in [0.1, 0.15) is 30.3 Å². The highest BCUT2D eigenvalue weighted by atomic mass is 79.9. The third-order valence-electron chi connectivity index (χ3n) is 3.62. The topological polar surface area (TPSA) is 43.1 Å². The van der Waals surface area contributed by atoms with Gasteiger partial charge in [0.15, 0.2) is 5.82 Å². The third kappa shape index (κ3) is 5.02. The molecular weight excluding hydrogens is 415 g/mol. The molecule has 0 saturated carbocycles. The summed E-state index contributed by atoms with van der Waals surface area (Å²) in [7, 11) is 0. The highest BCUT2D eigenvalue weighted by Gasteiger charge is 2.11. The van der Waals surface area contributed by atoms with Crippen LogP contribution in [0.3, 0.4) is 0 Å². The molecule has 0 radical (unpaired) electrons. The maximum absolute atomic E-state index is 13.0. The molecule has 1 aromatic heterocycles. The Kier molecular flexibility index (Phi) is 6.57. The summed E-state index contributed by atoms with van der Waals surface area (Å²) in [6.07, 6.45) is 3.46. The molecule has 4 nitrogen and oxygen atoms in total. The summed E-state index contributed by atoms with van der Waals surface area (Å²) in [5.74, 6) is 1.34. The highest BCUT2D eigenvalue weighted by Crippen LogP contribution is 2.23. The van der Waals surface area contributed by atoms with E-state index in [9.17, 15) is 4.39 Å². The number of benzene rings is 2. The van der Waals surface area contributed by atoms with E-state index in [1.54, 1.807) is 34.8 Å². The SMILES string of the molecule is CCCc1nnc(SCc2ccc(Br)cc2)n1/N=C\c1ccc(F)cc1. The van der Waals surface area contributed by atoms with Crippen molar-refractivity contribution in [2.45, 2.75) is 30.7 Å². The van der Waals surface area contributed by atoms with Gasteiger partial charge in [0.1, 0.15) is 5.82 Å². The molecule has 0 aliphatic heterocycles. The summed E-state index contributed by atoms with van der Waals surface area (Å²) in [6, 6.07) is 14.4. The second kappa shape index (κ2) is 9.09. The Morgan fingerprint density at radius 1 is 1.12 bits per heavy atom. The Hall–Kier alpha value is -1.99. The van der Waals surface area contributed by atoms with E-state index < -0.39 is 0 Å². The van der Waals surface area contributed by atoms with Gasteiger partial charge < -0.3 is 0 Å². The van der Waals surface area contributed by atoms with Gasteiger partial charge in [0.25, 0.3) is 0 Å². The second-order valence-corrected chi connectivity index (χ2v) is 7.53. The Labute approximate surface area is 164 Å². The first-order chi connectivity index (χ1) is 12.7. The van der Waals surface area contributed by atoms with E-state index in [1.807, 2.05) is 12.1 Å². The van der Waals surface area contributed by atoms with E-state index >= 15 is 0 Å². The standard InChI is InChI=1S/C19H18BrFN4S/c1-2-3-18-23-24-19(26-13-15-4-8-16(20)9-5-15)25(18)22-12-14-6-10-17(21)11-7-14/h4-12H,2-3,13H2,1H3/b22-12-. The summed E-state index contributed by atoms with van der Waals surface area (Å²) >= 11 is 5.04. The van der Waals surface area contributed by atoms with E-state index in [0.717, 1.165) is 39.6 Å². The van der Waals surface area contributed by atoms with Gasteiger partial charge in [-0.25, -0.2) is 4.39 Å². The molecule has 1 heterocycles. The number of hydrogen-bond donors (Lipinski definition) is 0. The zero-order chi connectivity index (χ0) is 18.4. The van der Waals surface area contributed by atoms with Gasteiger partial charge in [0.05, 0.1) is 6.21 Å². The molecule has 0 fully saturated rings. The fraction of sp³-hybridized carbons (Fsp3) is 0.211. The van der Waals surface area contributed by atoms with Gasteiger partial charge in [-0.3, -0.25) is 0 Å². The van der Waals surface area contributed by atoms with Crippen molar-refractivity contribution < 1.29 is 4.39 Å². The molecule has 0 atom stereocenters. The minimum atomic E-state index is -0.260. The fourth-order valence-electron chi connectivity index (χ4n) is 2.28. The predicted octanol–water partition coefficient (Wildman–Crippen LogP) is 5.31. The molecule has 0 aliphatic rings. The Bertz CT molecular complexity index is 876. The lowest BCUT2D eigenvalue weighted by molar-refractivity contribution is 0.628. The molecule has 3 aromatic rings. The van der Waals surface area contributed by atoms with Crippen LogP contribution in [0.25, 0.3) is 0 Å². The van der Waals surface area contributed by atoms with E-state index in [0.29, 0.717) is 0 Å². The van der Waals surface area contributed by atoms with Crippen LogP contribution in [0.5, 0.6) is 0 Å². The van der Waals surface area contributed by atoms with Crippen molar-refractivity contribution in [2.24, 2.45) is 5.10 Å². The molecule has 0 N–H and O–H groups in total. The zero-order valence-corrected chi connectivity index (χ0v) is 16.7. The zero-order valence-electron chi connectivity index (χ0n) is 14.3. The fourth-order valence-corrected chi connectivity index (χ4v) is 3.41. The van der Waals surface area contributed by atoms with Crippen molar-refractivity contribution in [3.8, 4) is 0 Å². The van der Waals surface area contributed by atoms with Crippen molar-refractivity contribution in [1.29, 1.82) is 0 Å². The molecular formula is C19H18BrFN4S. The van der Waals surface area contributed by atoms with Gasteiger partial charge in [0, 0.05) is 16.6 Å². The van der Waals surface area contributed by atoms with Gasteiger partial charge >= 0.3 is 0 Å². The monoisotopic (exact) mass is 432 g/mol. The van der Waals surface area contributed by atoms with Crippen LogP contribution in [0.2, 0.25) is 0 Å². The molecule has 0 spiro atoms. The first-order valence-corrected chi connectivity index (χ1v) is 10.0. The molecule has 0 unspecified atom stereocenters. The van der Waals surface area contributed by atoms with Crippen LogP contribution < -0.4 is 0 Å². The number of aromatic nitrogens is 3. The minimum Gasteiger partial charge on any atom is -0.207 e. The molecule has 2 aromatic carbocycles. The van der Waals surface area contributed by atoms with Crippen molar-refractivity contribution in [3.63, 3.8) is 0 Å². The van der Waals surface area contributed by atoms with E-state index in [-0.39, 0.29) is 5.82 Å². The van der Waals surface area contributed by atoms with E-state index in [1.165, 1.54) is 17.7 Å². The number of rotatable bonds is 7. The molecule has 26 heavy (non-hydrogen) atoms. The van der Waals surface area contributed by atoms with Crippen molar-refractivity contribution >= 4 is 33.9 Å². The minimum absolute atomic E-state index is 0.260. The van der Waals surface area contributed by atoms with Gasteiger partial charge in [0.2, 0.25) is 5.16 Å². The van der Waals surface area contributed by atoms with Crippen LogP contribution in [0, 0.1) is 5.82 Å². The van der Waals surface area contributed by atoms with E-state index in [4.69, 9.17) is 0 Å². The summed E-state index contributed by atoms with van der Waals surface area (Å²) in [5, 5.41) is 13.8. The largest absolute Gasteiger partial charge is 0.212 e. The summed E-state index contributed by atoms with van der Waals surface area (Å²) in [6.45, 7) is 2.09. The summed E-state index contributed by atoms with van der Waals surface area (Å²) < 4.78 is 15.9. The number of aryl methyl sites for hydroxylation is 1. The second-order valence-electron chi connectivity index (χ2n) is 5.67. The van der Waals surface area contributed by atoms with Crippen LogP contribution in [-0.2, 0) is 12.2 Å². The van der Waals surface area contributed by atoms with Crippen LogP contribution in [0.15, 0.2) is 63.3 Å². The van der Waals surface area contributed by atoms with Crippen molar-refractivity contribution in [3.05, 3.63) is 75.8 Å². The lowest BCUT2D eigenvalue weighted by atomic mass is 10.2. The van der Waals surface area contributed by atoms with Crippen LogP contribution in [-0.4, -0.2) is 21.1 Å². The van der Waals surface area contributed by atoms with Gasteiger partial charge in [-0.05, 0) is 41.8 Å². The predicted molar refractivity (Wildman–Crippen MR) is 107 cm³/mol. The van der Waals surface area contributed by atoms with E-state index in [2.05, 4.69) is 50.3 Å². The van der Waals surface area contributed by atoms with Gasteiger partial charge in [-0.2, -0.15) is 9.78 Å². The first kappa shape index (κ1) is 18.8. The molecule has 3 rings (SSSR count). The Morgan fingerprint density at radius 2 is 1.85 bits per heavy atom. The molecule has 0 bridgehead atoms. The number of nitrogens with zero attached hydrogens (tertiary/aromatic N) is 4. The molecule has 0 aliphatic carbocycles. The van der Waals surface area contributed by atoms with Crippen molar-refractivity contribution in [1.82, 2.24) is 14.9 Å². The lowest BCUT2D eigenvalue weighted by Gasteiger charge is -2.04. The number of hydrogen-bond acceptors (Lipinski definition) is 4. The molecule has 0 amide bonds. The highest BCUT2D eigenvalue weighted by molar-refractivity contribution is 9.10. The Morgan fingerprint density at radius 3 is 2.54 bits per heavy atom. The van der Waals surface area contributed by atoms with Gasteiger partial charge in [-0.1, -0.05) is 58.9 Å². The maximum Gasteiger partial charge on any atom is 0.212 e. The quantitative estimate of drug-likeness (QED) is 0.375. The smallest absolute Gasteiger partial charge is 0.207 e. The first-order valence-electron chi connectivity index (χ1n) is 8.27.